The largest absolute Gasteiger partial charge is 0.342 e. The molecule has 1 saturated heterocycles. The van der Waals surface area contributed by atoms with Crippen LogP contribution < -0.4 is 10.2 Å². The Hall–Kier alpha value is -0.680. The van der Waals surface area contributed by atoms with Crippen LogP contribution in [0.15, 0.2) is 16.9 Å². The smallest absolute Gasteiger partial charge is 0.225 e. The summed E-state index contributed by atoms with van der Waals surface area (Å²) in [6.45, 7) is 2.11. The lowest BCUT2D eigenvalue weighted by atomic mass is 10.2. The number of nitrogens with zero attached hydrogens (tertiary/aromatic N) is 3. The van der Waals surface area contributed by atoms with E-state index in [4.69, 9.17) is 0 Å². The minimum Gasteiger partial charge on any atom is -0.342 e. The van der Waals surface area contributed by atoms with E-state index >= 15 is 0 Å². The summed E-state index contributed by atoms with van der Waals surface area (Å²) in [7, 11) is 2.03. The predicted octanol–water partition coefficient (Wildman–Crippen LogP) is 1.43. The topological polar surface area (TPSA) is 41.0 Å². The van der Waals surface area contributed by atoms with Crippen LogP contribution in [0, 0.1) is 0 Å². The molecule has 15 heavy (non-hydrogen) atoms. The second kappa shape index (κ2) is 4.90. The maximum atomic E-state index is 4.26. The molecule has 1 aliphatic heterocycles. The Morgan fingerprint density at radius 3 is 2.87 bits per heavy atom. The van der Waals surface area contributed by atoms with Crippen LogP contribution in [-0.4, -0.2) is 36.1 Å². The highest BCUT2D eigenvalue weighted by molar-refractivity contribution is 9.10. The molecule has 4 nitrogen and oxygen atoms in total. The fourth-order valence-electron chi connectivity index (χ4n) is 1.83. The minimum atomic E-state index is 0.585. The van der Waals surface area contributed by atoms with Gasteiger partial charge in [-0.1, -0.05) is 0 Å². The molecule has 1 fully saturated rings. The average Bonchev–Trinajstić information content (AvgIpc) is 2.71. The average molecular weight is 271 g/mol. The molecule has 0 unspecified atom stereocenters. The summed E-state index contributed by atoms with van der Waals surface area (Å²) in [5, 5.41) is 3.46. The first-order valence-corrected chi connectivity index (χ1v) is 5.97. The monoisotopic (exact) mass is 270 g/mol. The number of rotatable bonds is 3. The van der Waals surface area contributed by atoms with Gasteiger partial charge in [0.05, 0.1) is 4.47 Å². The summed E-state index contributed by atoms with van der Waals surface area (Å²) in [4.78, 5) is 10.6. The third-order valence-corrected chi connectivity index (χ3v) is 3.01. The van der Waals surface area contributed by atoms with Crippen molar-refractivity contribution in [1.29, 1.82) is 0 Å². The van der Waals surface area contributed by atoms with E-state index in [1.807, 2.05) is 7.05 Å². The molecular weight excluding hydrogens is 256 g/mol. The van der Waals surface area contributed by atoms with E-state index in [9.17, 15) is 0 Å². The number of halogens is 1. The van der Waals surface area contributed by atoms with Crippen LogP contribution in [0.2, 0.25) is 0 Å². The van der Waals surface area contributed by atoms with Gasteiger partial charge in [0, 0.05) is 32.0 Å². The zero-order chi connectivity index (χ0) is 10.7. The summed E-state index contributed by atoms with van der Waals surface area (Å²) in [6, 6.07) is 0.585. The fourth-order valence-corrected chi connectivity index (χ4v) is 2.03. The van der Waals surface area contributed by atoms with E-state index in [0.29, 0.717) is 6.04 Å². The molecule has 0 aromatic carbocycles. The maximum absolute atomic E-state index is 4.26. The van der Waals surface area contributed by atoms with Gasteiger partial charge in [-0.2, -0.15) is 0 Å². The molecule has 0 amide bonds. The second-order valence-electron chi connectivity index (χ2n) is 3.88. The first-order valence-electron chi connectivity index (χ1n) is 5.18. The first-order chi connectivity index (χ1) is 7.25. The van der Waals surface area contributed by atoms with Crippen LogP contribution in [0.25, 0.3) is 0 Å². The molecule has 0 spiro atoms. The molecule has 0 bridgehead atoms. The molecule has 0 saturated carbocycles. The summed E-state index contributed by atoms with van der Waals surface area (Å²) < 4.78 is 0.915. The SMILES string of the molecule is CN(C[C@@H]1CCCN1)c1ncc(Br)cn1. The molecule has 82 valence electrons. The van der Waals surface area contributed by atoms with E-state index in [0.717, 1.165) is 23.5 Å². The van der Waals surface area contributed by atoms with Gasteiger partial charge < -0.3 is 10.2 Å². The Balaban J connectivity index is 1.94. The van der Waals surface area contributed by atoms with Gasteiger partial charge in [0.15, 0.2) is 0 Å². The van der Waals surface area contributed by atoms with Crippen molar-refractivity contribution in [3.63, 3.8) is 0 Å². The van der Waals surface area contributed by atoms with Crippen LogP contribution in [0.5, 0.6) is 0 Å². The molecule has 2 rings (SSSR count). The van der Waals surface area contributed by atoms with Crippen molar-refractivity contribution in [2.24, 2.45) is 0 Å². The Kier molecular flexibility index (Phi) is 3.53. The van der Waals surface area contributed by atoms with Crippen molar-refractivity contribution < 1.29 is 0 Å². The zero-order valence-electron chi connectivity index (χ0n) is 8.78. The van der Waals surface area contributed by atoms with Crippen molar-refractivity contribution in [3.05, 3.63) is 16.9 Å². The normalized spacial score (nSPS) is 20.5. The van der Waals surface area contributed by atoms with Crippen molar-refractivity contribution in [2.75, 3.05) is 25.0 Å². The Morgan fingerprint density at radius 2 is 2.27 bits per heavy atom. The van der Waals surface area contributed by atoms with Crippen molar-refractivity contribution in [2.45, 2.75) is 18.9 Å². The van der Waals surface area contributed by atoms with E-state index in [1.165, 1.54) is 12.8 Å². The highest BCUT2D eigenvalue weighted by Gasteiger charge is 2.16. The Labute approximate surface area is 98.2 Å². The molecular formula is C10H15BrN4. The van der Waals surface area contributed by atoms with E-state index < -0.39 is 0 Å². The lowest BCUT2D eigenvalue weighted by Crippen LogP contribution is -2.36. The summed E-state index contributed by atoms with van der Waals surface area (Å²) >= 11 is 3.33. The highest BCUT2D eigenvalue weighted by atomic mass is 79.9. The third-order valence-electron chi connectivity index (χ3n) is 2.60. The van der Waals surface area contributed by atoms with Gasteiger partial charge in [0.25, 0.3) is 0 Å². The van der Waals surface area contributed by atoms with Crippen molar-refractivity contribution in [1.82, 2.24) is 15.3 Å². The summed E-state index contributed by atoms with van der Waals surface area (Å²) in [5.74, 6) is 0.784. The molecule has 5 heteroatoms. The minimum absolute atomic E-state index is 0.585. The number of hydrogen-bond acceptors (Lipinski definition) is 4. The highest BCUT2D eigenvalue weighted by Crippen LogP contribution is 2.12. The molecule has 1 N–H and O–H groups in total. The van der Waals surface area contributed by atoms with Gasteiger partial charge >= 0.3 is 0 Å². The number of likely N-dealkylation sites (N-methyl/N-ethyl adjacent to an activating group) is 1. The number of anilines is 1. The van der Waals surface area contributed by atoms with Gasteiger partial charge in [-0.3, -0.25) is 0 Å². The standard InChI is InChI=1S/C10H15BrN4/c1-15(7-9-3-2-4-12-9)10-13-5-8(11)6-14-10/h5-6,9,12H,2-4,7H2,1H3/t9-/m0/s1. The predicted molar refractivity (Wildman–Crippen MR) is 64.0 cm³/mol. The van der Waals surface area contributed by atoms with Crippen LogP contribution in [0.1, 0.15) is 12.8 Å². The van der Waals surface area contributed by atoms with E-state index in [-0.39, 0.29) is 0 Å². The van der Waals surface area contributed by atoms with Crippen LogP contribution in [0.4, 0.5) is 5.95 Å². The Morgan fingerprint density at radius 1 is 1.53 bits per heavy atom. The number of hydrogen-bond donors (Lipinski definition) is 1. The zero-order valence-corrected chi connectivity index (χ0v) is 10.4. The van der Waals surface area contributed by atoms with Gasteiger partial charge in [-0.25, -0.2) is 9.97 Å². The molecule has 1 atom stereocenters. The molecule has 2 heterocycles. The van der Waals surface area contributed by atoms with Crippen LogP contribution in [-0.2, 0) is 0 Å². The van der Waals surface area contributed by atoms with E-state index in [1.54, 1.807) is 12.4 Å². The third kappa shape index (κ3) is 2.89. The Bertz CT molecular complexity index is 308. The summed E-state index contributed by atoms with van der Waals surface area (Å²) in [5.41, 5.74) is 0. The van der Waals surface area contributed by atoms with Gasteiger partial charge in [-0.05, 0) is 35.3 Å². The lowest BCUT2D eigenvalue weighted by molar-refractivity contribution is 0.594. The van der Waals surface area contributed by atoms with Gasteiger partial charge in [-0.15, -0.1) is 0 Å². The lowest BCUT2D eigenvalue weighted by Gasteiger charge is -2.20. The molecule has 1 aromatic heterocycles. The molecule has 0 aliphatic carbocycles. The second-order valence-corrected chi connectivity index (χ2v) is 4.79. The van der Waals surface area contributed by atoms with E-state index in [2.05, 4.69) is 36.1 Å². The fraction of sp³-hybridized carbons (Fsp3) is 0.600. The van der Waals surface area contributed by atoms with Crippen molar-refractivity contribution in [3.8, 4) is 0 Å². The number of nitrogens with one attached hydrogen (secondary N) is 1. The quantitative estimate of drug-likeness (QED) is 0.903. The van der Waals surface area contributed by atoms with Gasteiger partial charge in [0.1, 0.15) is 0 Å². The number of aromatic nitrogens is 2. The van der Waals surface area contributed by atoms with Crippen molar-refractivity contribution >= 4 is 21.9 Å². The van der Waals surface area contributed by atoms with Crippen LogP contribution in [0.3, 0.4) is 0 Å². The maximum Gasteiger partial charge on any atom is 0.225 e. The van der Waals surface area contributed by atoms with Crippen LogP contribution >= 0.6 is 15.9 Å². The van der Waals surface area contributed by atoms with Gasteiger partial charge in [0.2, 0.25) is 5.95 Å². The first kappa shape index (κ1) is 10.8. The molecule has 1 aliphatic rings. The summed E-state index contributed by atoms with van der Waals surface area (Å²) in [6.07, 6.45) is 6.09. The molecule has 1 aromatic rings. The molecule has 0 radical (unpaired) electrons.